The Morgan fingerprint density at radius 1 is 1.06 bits per heavy atom. The molecule has 0 N–H and O–H groups in total. The van der Waals surface area contributed by atoms with Crippen LogP contribution in [0.15, 0.2) is 42.5 Å². The average molecular weight is 485 g/mol. The Labute approximate surface area is 193 Å². The first-order valence-electron chi connectivity index (χ1n) is 9.92. The lowest BCUT2D eigenvalue weighted by Gasteiger charge is -2.29. The number of nitrogens with zero attached hydrogens (tertiary/aromatic N) is 2. The second-order valence-corrected chi connectivity index (χ2v) is 10.9. The Morgan fingerprint density at radius 2 is 1.74 bits per heavy atom. The highest BCUT2D eigenvalue weighted by atomic mass is 35.5. The predicted molar refractivity (Wildman–Crippen MR) is 123 cm³/mol. The molecular formula is C22H26Cl2N2O4S. The molecule has 3 rings (SSSR count). The van der Waals surface area contributed by atoms with E-state index in [-0.39, 0.29) is 30.0 Å². The van der Waals surface area contributed by atoms with Gasteiger partial charge in [0.2, 0.25) is 5.91 Å². The molecule has 0 saturated carbocycles. The third-order valence-corrected chi connectivity index (χ3v) is 7.93. The van der Waals surface area contributed by atoms with Crippen LogP contribution in [0.25, 0.3) is 0 Å². The number of amides is 1. The van der Waals surface area contributed by atoms with Crippen LogP contribution in [0.2, 0.25) is 10.0 Å². The van der Waals surface area contributed by atoms with Crippen molar-refractivity contribution in [3.05, 3.63) is 63.6 Å². The number of carbonyl (C=O) groups is 1. The Balaban J connectivity index is 1.71. The van der Waals surface area contributed by atoms with E-state index < -0.39 is 9.84 Å². The second-order valence-electron chi connectivity index (χ2n) is 7.81. The Kier molecular flexibility index (Phi) is 7.86. The number of likely N-dealkylation sites (N-methyl/N-ethyl adjacent to an activating group) is 1. The van der Waals surface area contributed by atoms with Crippen LogP contribution in [0.1, 0.15) is 17.5 Å². The first-order chi connectivity index (χ1) is 14.7. The summed E-state index contributed by atoms with van der Waals surface area (Å²) in [5.74, 6) is 0.886. The highest BCUT2D eigenvalue weighted by molar-refractivity contribution is 7.91. The molecule has 2 aromatic rings. The van der Waals surface area contributed by atoms with E-state index in [1.807, 2.05) is 35.2 Å². The van der Waals surface area contributed by atoms with Crippen LogP contribution in [0.5, 0.6) is 5.75 Å². The van der Waals surface area contributed by atoms with E-state index in [9.17, 15) is 13.2 Å². The van der Waals surface area contributed by atoms with Crippen molar-refractivity contribution in [3.63, 3.8) is 0 Å². The summed E-state index contributed by atoms with van der Waals surface area (Å²) < 4.78 is 29.3. The molecule has 0 radical (unpaired) electrons. The number of carbonyl (C=O) groups excluding carboxylic acids is 1. The van der Waals surface area contributed by atoms with Crippen molar-refractivity contribution >= 4 is 38.9 Å². The van der Waals surface area contributed by atoms with Gasteiger partial charge in [0.1, 0.15) is 5.75 Å². The van der Waals surface area contributed by atoms with Crippen molar-refractivity contribution in [2.75, 3.05) is 32.2 Å². The smallest absolute Gasteiger partial charge is 0.236 e. The van der Waals surface area contributed by atoms with Crippen LogP contribution >= 0.6 is 23.2 Å². The van der Waals surface area contributed by atoms with Gasteiger partial charge in [0.15, 0.2) is 9.84 Å². The SMILES string of the molecule is COc1ccc(CN(CC(=O)N(C)Cc2ccc(Cl)c(Cl)c2)C2CCS(=O)(=O)C2)cc1. The molecule has 0 aliphatic carbocycles. The quantitative estimate of drug-likeness (QED) is 0.571. The van der Waals surface area contributed by atoms with Crippen molar-refractivity contribution in [1.29, 1.82) is 0 Å². The lowest BCUT2D eigenvalue weighted by molar-refractivity contribution is -0.132. The molecule has 1 fully saturated rings. The van der Waals surface area contributed by atoms with Gasteiger partial charge in [-0.1, -0.05) is 41.4 Å². The molecule has 0 spiro atoms. The fourth-order valence-corrected chi connectivity index (χ4v) is 5.72. The molecule has 2 aromatic carbocycles. The molecule has 1 saturated heterocycles. The molecule has 9 heteroatoms. The Morgan fingerprint density at radius 3 is 2.32 bits per heavy atom. The van der Waals surface area contributed by atoms with Crippen molar-refractivity contribution in [1.82, 2.24) is 9.80 Å². The normalized spacial score (nSPS) is 17.6. The monoisotopic (exact) mass is 484 g/mol. The van der Waals surface area contributed by atoms with E-state index in [0.717, 1.165) is 16.9 Å². The van der Waals surface area contributed by atoms with Gasteiger partial charge >= 0.3 is 0 Å². The molecule has 1 unspecified atom stereocenters. The number of halogens is 2. The van der Waals surface area contributed by atoms with Gasteiger partial charge in [0.05, 0.1) is 35.2 Å². The maximum absolute atomic E-state index is 13.0. The van der Waals surface area contributed by atoms with Crippen molar-refractivity contribution in [2.24, 2.45) is 0 Å². The van der Waals surface area contributed by atoms with Gasteiger partial charge in [-0.3, -0.25) is 9.69 Å². The number of hydrogen-bond donors (Lipinski definition) is 0. The zero-order chi connectivity index (χ0) is 22.6. The molecule has 1 aliphatic rings. The lowest BCUT2D eigenvalue weighted by Crippen LogP contribution is -2.43. The van der Waals surface area contributed by atoms with Gasteiger partial charge in [0.25, 0.3) is 0 Å². The van der Waals surface area contributed by atoms with Crippen LogP contribution in [-0.2, 0) is 27.7 Å². The van der Waals surface area contributed by atoms with Crippen molar-refractivity contribution in [2.45, 2.75) is 25.6 Å². The first-order valence-corrected chi connectivity index (χ1v) is 12.5. The Bertz CT molecular complexity index is 1030. The number of hydrogen-bond acceptors (Lipinski definition) is 5. The molecule has 1 heterocycles. The summed E-state index contributed by atoms with van der Waals surface area (Å²) in [7, 11) is 0.258. The lowest BCUT2D eigenvalue weighted by atomic mass is 10.1. The summed E-state index contributed by atoms with van der Waals surface area (Å²) in [5.41, 5.74) is 1.86. The number of sulfone groups is 1. The predicted octanol–water partition coefficient (Wildman–Crippen LogP) is 3.65. The average Bonchev–Trinajstić information content (AvgIpc) is 3.10. The van der Waals surface area contributed by atoms with Gasteiger partial charge in [-0.15, -0.1) is 0 Å². The summed E-state index contributed by atoms with van der Waals surface area (Å²) in [6.45, 7) is 0.996. The standard InChI is InChI=1S/C22H26Cl2N2O4S/c1-25(12-17-5-8-20(23)21(24)11-17)22(27)14-26(18-9-10-31(28,29)15-18)13-16-3-6-19(30-2)7-4-16/h3-8,11,18H,9-10,12-15H2,1-2H3. The fraction of sp³-hybridized carbons (Fsp3) is 0.409. The zero-order valence-corrected chi connectivity index (χ0v) is 19.9. The highest BCUT2D eigenvalue weighted by Crippen LogP contribution is 2.24. The minimum absolute atomic E-state index is 0.0763. The van der Waals surface area contributed by atoms with E-state index in [1.54, 1.807) is 31.2 Å². The van der Waals surface area contributed by atoms with Crippen LogP contribution < -0.4 is 4.74 Å². The maximum Gasteiger partial charge on any atom is 0.236 e. The highest BCUT2D eigenvalue weighted by Gasteiger charge is 2.33. The van der Waals surface area contributed by atoms with Crippen LogP contribution in [0.3, 0.4) is 0 Å². The molecule has 31 heavy (non-hydrogen) atoms. The number of ether oxygens (including phenoxy) is 1. The number of rotatable bonds is 8. The largest absolute Gasteiger partial charge is 0.497 e. The molecule has 0 aromatic heterocycles. The summed E-state index contributed by atoms with van der Waals surface area (Å²) in [6.07, 6.45) is 0.530. The summed E-state index contributed by atoms with van der Waals surface area (Å²) in [5, 5.41) is 0.907. The molecule has 168 valence electrons. The van der Waals surface area contributed by atoms with Crippen LogP contribution in [-0.4, -0.2) is 62.4 Å². The summed E-state index contributed by atoms with van der Waals surface area (Å²) in [4.78, 5) is 16.5. The molecule has 1 atom stereocenters. The summed E-state index contributed by atoms with van der Waals surface area (Å²) >= 11 is 12.0. The van der Waals surface area contributed by atoms with E-state index in [4.69, 9.17) is 27.9 Å². The van der Waals surface area contributed by atoms with Gasteiger partial charge in [0, 0.05) is 26.2 Å². The minimum Gasteiger partial charge on any atom is -0.497 e. The second kappa shape index (κ2) is 10.2. The minimum atomic E-state index is -3.07. The third kappa shape index (κ3) is 6.59. The molecule has 6 nitrogen and oxygen atoms in total. The number of methoxy groups -OCH3 is 1. The van der Waals surface area contributed by atoms with E-state index in [2.05, 4.69) is 0 Å². The van der Waals surface area contributed by atoms with Gasteiger partial charge in [-0.25, -0.2) is 8.42 Å². The van der Waals surface area contributed by atoms with Crippen LogP contribution in [0.4, 0.5) is 0 Å². The van der Waals surface area contributed by atoms with E-state index in [0.29, 0.717) is 29.6 Å². The topological polar surface area (TPSA) is 66.9 Å². The van der Waals surface area contributed by atoms with E-state index in [1.165, 1.54) is 0 Å². The number of benzene rings is 2. The molecule has 1 amide bonds. The molecule has 0 bridgehead atoms. The van der Waals surface area contributed by atoms with E-state index >= 15 is 0 Å². The van der Waals surface area contributed by atoms with Gasteiger partial charge < -0.3 is 9.64 Å². The van der Waals surface area contributed by atoms with Gasteiger partial charge in [-0.2, -0.15) is 0 Å². The van der Waals surface area contributed by atoms with Crippen molar-refractivity contribution < 1.29 is 17.9 Å². The van der Waals surface area contributed by atoms with Gasteiger partial charge in [-0.05, 0) is 41.8 Å². The van der Waals surface area contributed by atoms with Crippen LogP contribution in [0, 0.1) is 0 Å². The maximum atomic E-state index is 13.0. The molecular weight excluding hydrogens is 459 g/mol. The zero-order valence-electron chi connectivity index (χ0n) is 17.6. The molecule has 1 aliphatic heterocycles. The third-order valence-electron chi connectivity index (χ3n) is 5.44. The fourth-order valence-electron chi connectivity index (χ4n) is 3.64. The van der Waals surface area contributed by atoms with Crippen molar-refractivity contribution in [3.8, 4) is 5.75 Å². The summed E-state index contributed by atoms with van der Waals surface area (Å²) in [6, 6.07) is 12.7. The Hall–Kier alpha value is -1.80. The first kappa shape index (κ1) is 23.9.